The number of rotatable bonds is 2. The zero-order valence-electron chi connectivity index (χ0n) is 6.64. The lowest BCUT2D eigenvalue weighted by Crippen LogP contribution is -1.92. The molecule has 3 nitrogen and oxygen atoms in total. The molecule has 13 heavy (non-hydrogen) atoms. The van der Waals surface area contributed by atoms with Gasteiger partial charge in [-0.25, -0.2) is 15.0 Å². The maximum Gasteiger partial charge on any atom is 0.179 e. The molecule has 0 aromatic carbocycles. The van der Waals surface area contributed by atoms with Crippen molar-refractivity contribution in [3.63, 3.8) is 0 Å². The molecular formula is C8H6ClN3S. The van der Waals surface area contributed by atoms with E-state index in [1.165, 1.54) is 11.3 Å². The molecule has 2 aromatic heterocycles. The van der Waals surface area contributed by atoms with E-state index in [-0.39, 0.29) is 0 Å². The fourth-order valence-corrected chi connectivity index (χ4v) is 1.60. The van der Waals surface area contributed by atoms with Crippen molar-refractivity contribution >= 4 is 22.9 Å². The fourth-order valence-electron chi connectivity index (χ4n) is 0.917. The molecule has 0 aliphatic carbocycles. The number of hydrogen-bond donors (Lipinski definition) is 0. The molecule has 0 unspecified atom stereocenters. The molecule has 0 saturated carbocycles. The van der Waals surface area contributed by atoms with E-state index in [2.05, 4.69) is 15.0 Å². The Balaban J connectivity index is 2.41. The van der Waals surface area contributed by atoms with Crippen LogP contribution in [0.3, 0.4) is 0 Å². The van der Waals surface area contributed by atoms with Crippen molar-refractivity contribution in [2.45, 2.75) is 5.88 Å². The summed E-state index contributed by atoms with van der Waals surface area (Å²) in [6.45, 7) is 0. The van der Waals surface area contributed by atoms with Crippen LogP contribution in [-0.2, 0) is 5.88 Å². The van der Waals surface area contributed by atoms with Gasteiger partial charge in [0, 0.05) is 11.6 Å². The highest BCUT2D eigenvalue weighted by atomic mass is 35.5. The van der Waals surface area contributed by atoms with E-state index in [0.29, 0.717) is 11.7 Å². The lowest BCUT2D eigenvalue weighted by molar-refractivity contribution is 1.08. The summed E-state index contributed by atoms with van der Waals surface area (Å²) in [5.74, 6) is 1.04. The van der Waals surface area contributed by atoms with Gasteiger partial charge in [-0.2, -0.15) is 0 Å². The van der Waals surface area contributed by atoms with Crippen molar-refractivity contribution in [1.82, 2.24) is 15.0 Å². The predicted molar refractivity (Wildman–Crippen MR) is 52.7 cm³/mol. The highest BCUT2D eigenvalue weighted by molar-refractivity contribution is 7.07. The van der Waals surface area contributed by atoms with Crippen LogP contribution < -0.4 is 0 Å². The van der Waals surface area contributed by atoms with E-state index >= 15 is 0 Å². The van der Waals surface area contributed by atoms with Gasteiger partial charge in [0.25, 0.3) is 0 Å². The normalized spacial score (nSPS) is 10.2. The van der Waals surface area contributed by atoms with Crippen molar-refractivity contribution in [3.8, 4) is 11.5 Å². The minimum absolute atomic E-state index is 0.402. The van der Waals surface area contributed by atoms with Gasteiger partial charge in [-0.1, -0.05) is 0 Å². The SMILES string of the molecule is ClCc1ccnc(-c2cscn2)n1. The van der Waals surface area contributed by atoms with E-state index in [9.17, 15) is 0 Å². The van der Waals surface area contributed by atoms with Gasteiger partial charge in [-0.05, 0) is 6.07 Å². The Morgan fingerprint density at radius 1 is 1.38 bits per heavy atom. The molecule has 2 rings (SSSR count). The van der Waals surface area contributed by atoms with Crippen LogP contribution in [0.25, 0.3) is 11.5 Å². The van der Waals surface area contributed by atoms with Crippen molar-refractivity contribution < 1.29 is 0 Å². The van der Waals surface area contributed by atoms with Gasteiger partial charge in [0.2, 0.25) is 0 Å². The Bertz CT molecular complexity index is 388. The zero-order valence-corrected chi connectivity index (χ0v) is 8.22. The molecular weight excluding hydrogens is 206 g/mol. The second kappa shape index (κ2) is 3.81. The van der Waals surface area contributed by atoms with Crippen LogP contribution in [0.5, 0.6) is 0 Å². The molecule has 0 aliphatic heterocycles. The predicted octanol–water partition coefficient (Wildman–Crippen LogP) is 2.34. The van der Waals surface area contributed by atoms with Gasteiger partial charge in [0.05, 0.1) is 17.1 Å². The second-order valence-electron chi connectivity index (χ2n) is 2.38. The monoisotopic (exact) mass is 211 g/mol. The van der Waals surface area contributed by atoms with E-state index < -0.39 is 0 Å². The molecule has 2 heterocycles. The molecule has 0 N–H and O–H groups in total. The first-order valence-corrected chi connectivity index (χ1v) is 5.14. The molecule has 0 atom stereocenters. The number of alkyl halides is 1. The summed E-state index contributed by atoms with van der Waals surface area (Å²) in [6.07, 6.45) is 1.69. The van der Waals surface area contributed by atoms with Gasteiger partial charge >= 0.3 is 0 Å². The van der Waals surface area contributed by atoms with E-state index in [4.69, 9.17) is 11.6 Å². The van der Waals surface area contributed by atoms with Crippen LogP contribution in [0.2, 0.25) is 0 Å². The molecule has 0 radical (unpaired) electrons. The van der Waals surface area contributed by atoms with Crippen molar-refractivity contribution in [1.29, 1.82) is 0 Å². The van der Waals surface area contributed by atoms with E-state index in [0.717, 1.165) is 11.4 Å². The molecule has 2 aromatic rings. The van der Waals surface area contributed by atoms with Gasteiger partial charge < -0.3 is 0 Å². The molecule has 0 aliphatic rings. The van der Waals surface area contributed by atoms with E-state index in [1.807, 2.05) is 5.38 Å². The third kappa shape index (κ3) is 1.84. The molecule has 0 spiro atoms. The highest BCUT2D eigenvalue weighted by Crippen LogP contribution is 2.14. The maximum atomic E-state index is 5.65. The van der Waals surface area contributed by atoms with Crippen LogP contribution in [0, 0.1) is 0 Å². The third-order valence-corrected chi connectivity index (χ3v) is 2.37. The number of halogens is 1. The summed E-state index contributed by atoms with van der Waals surface area (Å²) in [5.41, 5.74) is 3.38. The van der Waals surface area contributed by atoms with Crippen LogP contribution in [0.4, 0.5) is 0 Å². The topological polar surface area (TPSA) is 38.7 Å². The average molecular weight is 212 g/mol. The average Bonchev–Trinajstić information content (AvgIpc) is 2.71. The fraction of sp³-hybridized carbons (Fsp3) is 0.125. The number of hydrogen-bond acceptors (Lipinski definition) is 4. The Labute approximate surface area is 84.5 Å². The Morgan fingerprint density at radius 2 is 2.31 bits per heavy atom. The van der Waals surface area contributed by atoms with Crippen LogP contribution in [0.15, 0.2) is 23.2 Å². The first-order chi connectivity index (χ1) is 6.40. The largest absolute Gasteiger partial charge is 0.241 e. The smallest absolute Gasteiger partial charge is 0.179 e. The first-order valence-electron chi connectivity index (χ1n) is 3.66. The molecule has 66 valence electrons. The van der Waals surface area contributed by atoms with Crippen molar-refractivity contribution in [3.05, 3.63) is 28.8 Å². The number of aromatic nitrogens is 3. The lowest BCUT2D eigenvalue weighted by atomic mass is 10.4. The summed E-state index contributed by atoms with van der Waals surface area (Å²) in [4.78, 5) is 12.5. The molecule has 0 saturated heterocycles. The molecule has 0 fully saturated rings. The summed E-state index contributed by atoms with van der Waals surface area (Å²) in [6, 6.07) is 1.79. The van der Waals surface area contributed by atoms with Gasteiger partial charge in [-0.3, -0.25) is 0 Å². The van der Waals surface area contributed by atoms with Gasteiger partial charge in [-0.15, -0.1) is 22.9 Å². The van der Waals surface area contributed by atoms with Crippen LogP contribution in [0.1, 0.15) is 5.69 Å². The molecule has 0 bridgehead atoms. The molecule has 0 amide bonds. The summed E-state index contributed by atoms with van der Waals surface area (Å²) < 4.78 is 0. The lowest BCUT2D eigenvalue weighted by Gasteiger charge is -1.96. The number of thiazole rings is 1. The maximum absolute atomic E-state index is 5.65. The van der Waals surface area contributed by atoms with Crippen molar-refractivity contribution in [2.24, 2.45) is 0 Å². The van der Waals surface area contributed by atoms with Gasteiger partial charge in [0.1, 0.15) is 5.69 Å². The standard InChI is InChI=1S/C8H6ClN3S/c9-3-6-1-2-10-8(12-6)7-4-13-5-11-7/h1-2,4-5H,3H2. The Morgan fingerprint density at radius 3 is 3.00 bits per heavy atom. The minimum Gasteiger partial charge on any atom is -0.241 e. The van der Waals surface area contributed by atoms with Crippen LogP contribution >= 0.6 is 22.9 Å². The van der Waals surface area contributed by atoms with E-state index in [1.54, 1.807) is 17.8 Å². The van der Waals surface area contributed by atoms with Gasteiger partial charge in [0.15, 0.2) is 5.82 Å². The Hall–Kier alpha value is -1.00. The minimum atomic E-state index is 0.402. The number of nitrogens with zero attached hydrogens (tertiary/aromatic N) is 3. The first kappa shape index (κ1) is 8.59. The van der Waals surface area contributed by atoms with Crippen molar-refractivity contribution in [2.75, 3.05) is 0 Å². The summed E-state index contributed by atoms with van der Waals surface area (Å²) in [5, 5.41) is 1.91. The summed E-state index contributed by atoms with van der Waals surface area (Å²) in [7, 11) is 0. The Kier molecular flexibility index (Phi) is 2.52. The summed E-state index contributed by atoms with van der Waals surface area (Å²) >= 11 is 7.18. The molecule has 5 heteroatoms. The zero-order chi connectivity index (χ0) is 9.10. The third-order valence-electron chi connectivity index (χ3n) is 1.51. The highest BCUT2D eigenvalue weighted by Gasteiger charge is 2.03. The second-order valence-corrected chi connectivity index (χ2v) is 3.36. The quantitative estimate of drug-likeness (QED) is 0.716. The van der Waals surface area contributed by atoms with Crippen LogP contribution in [-0.4, -0.2) is 15.0 Å².